The molecular formula is C32H43FO3. The van der Waals surface area contributed by atoms with Crippen LogP contribution in [0.5, 0.6) is 5.75 Å². The van der Waals surface area contributed by atoms with E-state index in [-0.39, 0.29) is 11.2 Å². The number of ether oxygens (including phenoxy) is 1. The van der Waals surface area contributed by atoms with Crippen molar-refractivity contribution in [1.82, 2.24) is 0 Å². The standard InChI is InChI=1S/C17H22O3.C15H21F/c1-5-7-8-13-11(3)20-16-10-15(19-4)12(6-2)9-14(16)17(13)18;1-4-6-13(7-5-2)12(3)14-8-10-15(16)11-9-14/h9-10H,5-8H2,1-4H3;8-11,13H,3-7H2,1-2H3. The van der Waals surface area contributed by atoms with E-state index < -0.39 is 0 Å². The van der Waals surface area contributed by atoms with Gasteiger partial charge in [-0.25, -0.2) is 4.39 Å². The summed E-state index contributed by atoms with van der Waals surface area (Å²) in [5, 5.41) is 0.666. The van der Waals surface area contributed by atoms with Gasteiger partial charge in [0.05, 0.1) is 12.5 Å². The molecule has 0 aliphatic heterocycles. The van der Waals surface area contributed by atoms with Gasteiger partial charge in [0.1, 0.15) is 22.9 Å². The minimum Gasteiger partial charge on any atom is -0.496 e. The Kier molecular flexibility index (Phi) is 11.9. The quantitative estimate of drug-likeness (QED) is 0.267. The molecule has 1 heterocycles. The second-order valence-electron chi connectivity index (χ2n) is 9.39. The zero-order valence-electron chi connectivity index (χ0n) is 23.0. The van der Waals surface area contributed by atoms with Crippen LogP contribution in [0.4, 0.5) is 4.39 Å². The van der Waals surface area contributed by atoms with Gasteiger partial charge in [-0.2, -0.15) is 0 Å². The average molecular weight is 495 g/mol. The third kappa shape index (κ3) is 7.56. The highest BCUT2D eigenvalue weighted by atomic mass is 19.1. The van der Waals surface area contributed by atoms with Crippen LogP contribution < -0.4 is 10.2 Å². The number of rotatable bonds is 11. The van der Waals surface area contributed by atoms with E-state index in [1.165, 1.54) is 37.8 Å². The van der Waals surface area contributed by atoms with E-state index in [0.717, 1.165) is 59.5 Å². The van der Waals surface area contributed by atoms with Gasteiger partial charge in [-0.05, 0) is 79.8 Å². The van der Waals surface area contributed by atoms with Gasteiger partial charge < -0.3 is 9.15 Å². The predicted molar refractivity (Wildman–Crippen MR) is 151 cm³/mol. The molecule has 0 radical (unpaired) electrons. The Balaban J connectivity index is 0.000000261. The molecule has 0 unspecified atom stereocenters. The molecule has 0 N–H and O–H groups in total. The lowest BCUT2D eigenvalue weighted by atomic mass is 9.87. The topological polar surface area (TPSA) is 39.4 Å². The summed E-state index contributed by atoms with van der Waals surface area (Å²) in [6.45, 7) is 14.6. The van der Waals surface area contributed by atoms with Crippen LogP contribution in [-0.4, -0.2) is 7.11 Å². The van der Waals surface area contributed by atoms with Crippen LogP contribution in [0.3, 0.4) is 0 Å². The van der Waals surface area contributed by atoms with E-state index in [1.54, 1.807) is 7.11 Å². The van der Waals surface area contributed by atoms with Crippen LogP contribution in [0.2, 0.25) is 0 Å². The monoisotopic (exact) mass is 494 g/mol. The summed E-state index contributed by atoms with van der Waals surface area (Å²) >= 11 is 0. The summed E-state index contributed by atoms with van der Waals surface area (Å²) in [6, 6.07) is 10.4. The molecule has 3 aromatic rings. The maximum Gasteiger partial charge on any atom is 0.196 e. The Morgan fingerprint density at radius 2 is 1.67 bits per heavy atom. The normalized spacial score (nSPS) is 10.9. The maximum atomic E-state index is 12.8. The van der Waals surface area contributed by atoms with Crippen LogP contribution in [0.1, 0.15) is 88.7 Å². The van der Waals surface area contributed by atoms with Crippen molar-refractivity contribution in [2.75, 3.05) is 7.11 Å². The molecule has 0 spiro atoms. The fourth-order valence-electron chi connectivity index (χ4n) is 4.62. The summed E-state index contributed by atoms with van der Waals surface area (Å²) in [5.41, 5.74) is 4.80. The van der Waals surface area contributed by atoms with Gasteiger partial charge >= 0.3 is 0 Å². The van der Waals surface area contributed by atoms with Gasteiger partial charge in [-0.3, -0.25) is 4.79 Å². The van der Waals surface area contributed by atoms with Crippen molar-refractivity contribution in [3.05, 3.63) is 81.5 Å². The summed E-state index contributed by atoms with van der Waals surface area (Å²) in [6.07, 6.45) is 8.38. The van der Waals surface area contributed by atoms with Crippen LogP contribution in [0.25, 0.3) is 16.5 Å². The van der Waals surface area contributed by atoms with Crippen molar-refractivity contribution in [1.29, 1.82) is 0 Å². The van der Waals surface area contributed by atoms with Gasteiger partial charge in [-0.1, -0.05) is 65.7 Å². The predicted octanol–water partition coefficient (Wildman–Crippen LogP) is 9.07. The number of unbranched alkanes of at least 4 members (excludes halogenated alkanes) is 1. The Morgan fingerprint density at radius 3 is 2.19 bits per heavy atom. The molecule has 0 saturated heterocycles. The first-order chi connectivity index (χ1) is 17.3. The van der Waals surface area contributed by atoms with E-state index >= 15 is 0 Å². The second kappa shape index (κ2) is 14.6. The molecule has 4 heteroatoms. The van der Waals surface area contributed by atoms with Crippen molar-refractivity contribution in [2.45, 2.75) is 86.0 Å². The highest BCUT2D eigenvalue weighted by Crippen LogP contribution is 2.29. The van der Waals surface area contributed by atoms with Gasteiger partial charge in [0.2, 0.25) is 0 Å². The molecule has 2 aromatic carbocycles. The molecule has 0 saturated carbocycles. The van der Waals surface area contributed by atoms with E-state index in [9.17, 15) is 9.18 Å². The van der Waals surface area contributed by atoms with E-state index in [4.69, 9.17) is 9.15 Å². The molecular weight excluding hydrogens is 451 g/mol. The molecule has 0 amide bonds. The lowest BCUT2D eigenvalue weighted by Gasteiger charge is -2.18. The van der Waals surface area contributed by atoms with E-state index in [2.05, 4.69) is 34.3 Å². The molecule has 0 bridgehead atoms. The largest absolute Gasteiger partial charge is 0.496 e. The molecule has 0 aliphatic carbocycles. The number of fused-ring (bicyclic) bond motifs is 1. The number of halogens is 1. The van der Waals surface area contributed by atoms with Crippen molar-refractivity contribution >= 4 is 16.5 Å². The third-order valence-corrected chi connectivity index (χ3v) is 6.73. The molecule has 196 valence electrons. The fourth-order valence-corrected chi connectivity index (χ4v) is 4.62. The molecule has 36 heavy (non-hydrogen) atoms. The Morgan fingerprint density at radius 1 is 1.03 bits per heavy atom. The van der Waals surface area contributed by atoms with Crippen molar-refractivity contribution in [3.63, 3.8) is 0 Å². The highest BCUT2D eigenvalue weighted by molar-refractivity contribution is 5.80. The fraction of sp³-hybridized carbons (Fsp3) is 0.469. The lowest BCUT2D eigenvalue weighted by molar-refractivity contribution is 0.409. The smallest absolute Gasteiger partial charge is 0.196 e. The summed E-state index contributed by atoms with van der Waals surface area (Å²) in [4.78, 5) is 12.6. The average Bonchev–Trinajstić information content (AvgIpc) is 2.88. The Bertz CT molecular complexity index is 1170. The Hall–Kier alpha value is -2.88. The van der Waals surface area contributed by atoms with Crippen LogP contribution in [0, 0.1) is 18.7 Å². The molecule has 1 aromatic heterocycles. The molecule has 3 rings (SSSR count). The number of hydrogen-bond donors (Lipinski definition) is 0. The second-order valence-corrected chi connectivity index (χ2v) is 9.39. The van der Waals surface area contributed by atoms with Crippen LogP contribution >= 0.6 is 0 Å². The van der Waals surface area contributed by atoms with E-state index in [1.807, 2.05) is 31.2 Å². The summed E-state index contributed by atoms with van der Waals surface area (Å²) in [5.74, 6) is 1.87. The molecule has 3 nitrogen and oxygen atoms in total. The number of hydrogen-bond acceptors (Lipinski definition) is 3. The Labute approximate surface area is 216 Å². The third-order valence-electron chi connectivity index (χ3n) is 6.73. The zero-order valence-corrected chi connectivity index (χ0v) is 23.0. The molecule has 0 fully saturated rings. The summed E-state index contributed by atoms with van der Waals surface area (Å²) in [7, 11) is 1.64. The highest BCUT2D eigenvalue weighted by Gasteiger charge is 2.14. The number of aryl methyl sites for hydroxylation is 2. The van der Waals surface area contributed by atoms with Crippen LogP contribution in [0.15, 0.2) is 52.2 Å². The maximum absolute atomic E-state index is 12.8. The molecule has 0 aliphatic rings. The van der Waals surface area contributed by atoms with Gasteiger partial charge in [0.25, 0.3) is 0 Å². The number of allylic oxidation sites excluding steroid dienone is 1. The SMILES string of the molecule is C=C(c1ccc(F)cc1)C(CCC)CCC.CCCCc1c(C)oc2cc(OC)c(CC)cc2c1=O. The first kappa shape index (κ1) is 29.4. The van der Waals surface area contributed by atoms with Crippen molar-refractivity contribution in [3.8, 4) is 5.75 Å². The first-order valence-corrected chi connectivity index (χ1v) is 13.4. The zero-order chi connectivity index (χ0) is 26.7. The lowest BCUT2D eigenvalue weighted by Crippen LogP contribution is -2.12. The van der Waals surface area contributed by atoms with Gasteiger partial charge in [-0.15, -0.1) is 0 Å². The van der Waals surface area contributed by atoms with Gasteiger partial charge in [0.15, 0.2) is 5.43 Å². The van der Waals surface area contributed by atoms with Crippen molar-refractivity contribution < 1.29 is 13.5 Å². The van der Waals surface area contributed by atoms with Gasteiger partial charge in [0, 0.05) is 11.6 Å². The molecule has 0 atom stereocenters. The number of benzene rings is 2. The van der Waals surface area contributed by atoms with Crippen LogP contribution in [-0.2, 0) is 12.8 Å². The van der Waals surface area contributed by atoms with Crippen molar-refractivity contribution in [2.24, 2.45) is 5.92 Å². The summed E-state index contributed by atoms with van der Waals surface area (Å²) < 4.78 is 24.0. The minimum atomic E-state index is -0.181. The van der Waals surface area contributed by atoms with E-state index in [0.29, 0.717) is 16.9 Å². The number of methoxy groups -OCH3 is 1. The minimum absolute atomic E-state index is 0.106. The first-order valence-electron chi connectivity index (χ1n) is 13.4.